The van der Waals surface area contributed by atoms with E-state index in [1.165, 1.54) is 4.88 Å². The Bertz CT molecular complexity index is 443. The zero-order valence-corrected chi connectivity index (χ0v) is 8.51. The van der Waals surface area contributed by atoms with E-state index in [1.54, 1.807) is 17.4 Å². The van der Waals surface area contributed by atoms with Crippen LogP contribution in [0.1, 0.15) is 4.88 Å². The first kappa shape index (κ1) is 8.96. The number of thiophene rings is 1. The van der Waals surface area contributed by atoms with Crippen LogP contribution in [0.25, 0.3) is 11.3 Å². The maximum atomic E-state index is 5.58. The summed E-state index contributed by atoms with van der Waals surface area (Å²) < 4.78 is 0. The van der Waals surface area contributed by atoms with E-state index in [9.17, 15) is 0 Å². The van der Waals surface area contributed by atoms with Gasteiger partial charge in [-0.25, -0.2) is 4.98 Å². The average molecular weight is 206 g/mol. The number of hydrogen-bond acceptors (Lipinski definition) is 5. The Morgan fingerprint density at radius 1 is 1.21 bits per heavy atom. The molecule has 2 aromatic heterocycles. The molecular formula is C9H10N4S. The Kier molecular flexibility index (Phi) is 2.09. The zero-order valence-electron chi connectivity index (χ0n) is 7.69. The lowest BCUT2D eigenvalue weighted by Gasteiger charge is -1.99. The molecule has 0 fully saturated rings. The van der Waals surface area contributed by atoms with Crippen molar-refractivity contribution >= 4 is 23.1 Å². The highest BCUT2D eigenvalue weighted by Crippen LogP contribution is 2.24. The van der Waals surface area contributed by atoms with Gasteiger partial charge in [0.1, 0.15) is 5.82 Å². The predicted molar refractivity (Wildman–Crippen MR) is 58.9 cm³/mol. The van der Waals surface area contributed by atoms with Crippen molar-refractivity contribution in [3.8, 4) is 11.3 Å². The van der Waals surface area contributed by atoms with E-state index in [4.69, 9.17) is 11.5 Å². The summed E-state index contributed by atoms with van der Waals surface area (Å²) >= 11 is 1.67. The lowest BCUT2D eigenvalue weighted by molar-refractivity contribution is 1.20. The molecule has 0 saturated carbocycles. The third-order valence-corrected chi connectivity index (χ3v) is 2.65. The smallest absolute Gasteiger partial charge is 0.222 e. The van der Waals surface area contributed by atoms with Gasteiger partial charge >= 0.3 is 0 Å². The van der Waals surface area contributed by atoms with Gasteiger partial charge in [-0.15, -0.1) is 11.3 Å². The summed E-state index contributed by atoms with van der Waals surface area (Å²) in [5.74, 6) is 0.611. The van der Waals surface area contributed by atoms with Crippen LogP contribution in [0.15, 0.2) is 17.5 Å². The Hall–Kier alpha value is -1.62. The molecule has 0 aromatic carbocycles. The summed E-state index contributed by atoms with van der Waals surface area (Å²) in [6, 6.07) is 3.77. The van der Waals surface area contributed by atoms with E-state index in [0.717, 1.165) is 11.3 Å². The monoisotopic (exact) mass is 206 g/mol. The average Bonchev–Trinajstić information content (AvgIpc) is 2.50. The van der Waals surface area contributed by atoms with Gasteiger partial charge in [-0.05, 0) is 13.0 Å². The van der Waals surface area contributed by atoms with Crippen LogP contribution in [-0.2, 0) is 0 Å². The van der Waals surface area contributed by atoms with Crippen molar-refractivity contribution in [3.05, 3.63) is 22.4 Å². The van der Waals surface area contributed by atoms with Crippen molar-refractivity contribution in [1.29, 1.82) is 0 Å². The van der Waals surface area contributed by atoms with Crippen molar-refractivity contribution in [2.75, 3.05) is 11.5 Å². The molecule has 4 nitrogen and oxygen atoms in total. The second kappa shape index (κ2) is 3.26. The highest BCUT2D eigenvalue weighted by atomic mass is 32.1. The Morgan fingerprint density at radius 3 is 2.57 bits per heavy atom. The quantitative estimate of drug-likeness (QED) is 0.744. The number of nitrogens with zero attached hydrogens (tertiary/aromatic N) is 2. The fraction of sp³-hybridized carbons (Fsp3) is 0.111. The van der Waals surface area contributed by atoms with Gasteiger partial charge in [0.2, 0.25) is 5.95 Å². The first-order chi connectivity index (χ1) is 6.65. The Morgan fingerprint density at radius 2 is 2.00 bits per heavy atom. The molecule has 0 atom stereocenters. The van der Waals surface area contributed by atoms with Gasteiger partial charge in [0.25, 0.3) is 0 Å². The molecule has 72 valence electrons. The van der Waals surface area contributed by atoms with Crippen molar-refractivity contribution in [2.45, 2.75) is 6.92 Å². The van der Waals surface area contributed by atoms with Crippen molar-refractivity contribution in [1.82, 2.24) is 9.97 Å². The van der Waals surface area contributed by atoms with Crippen LogP contribution in [-0.4, -0.2) is 9.97 Å². The summed E-state index contributed by atoms with van der Waals surface area (Å²) in [4.78, 5) is 9.16. The van der Waals surface area contributed by atoms with Gasteiger partial charge in [-0.2, -0.15) is 4.98 Å². The molecule has 0 aliphatic carbocycles. The number of aryl methyl sites for hydroxylation is 1. The summed E-state index contributed by atoms with van der Waals surface area (Å²) in [6.45, 7) is 2.04. The van der Waals surface area contributed by atoms with Crippen LogP contribution < -0.4 is 11.5 Å². The molecule has 0 aliphatic rings. The fourth-order valence-corrected chi connectivity index (χ4v) is 1.91. The highest BCUT2D eigenvalue weighted by molar-refractivity contribution is 7.10. The molecule has 5 heteroatoms. The second-order valence-corrected chi connectivity index (χ2v) is 4.10. The molecule has 0 unspecified atom stereocenters. The number of aromatic nitrogens is 2. The van der Waals surface area contributed by atoms with E-state index in [-0.39, 0.29) is 5.95 Å². The SMILES string of the molecule is Cc1cc(-c2cc(N)nc(N)n2)cs1. The number of hydrogen-bond donors (Lipinski definition) is 2. The first-order valence-corrected chi connectivity index (χ1v) is 4.98. The minimum absolute atomic E-state index is 0.212. The normalized spacial score (nSPS) is 10.4. The Balaban J connectivity index is 2.51. The maximum absolute atomic E-state index is 5.58. The van der Waals surface area contributed by atoms with Gasteiger partial charge in [-0.1, -0.05) is 0 Å². The van der Waals surface area contributed by atoms with Crippen LogP contribution in [0.5, 0.6) is 0 Å². The van der Waals surface area contributed by atoms with Crippen molar-refractivity contribution < 1.29 is 0 Å². The van der Waals surface area contributed by atoms with Gasteiger partial charge in [0.05, 0.1) is 5.69 Å². The van der Waals surface area contributed by atoms with Crippen molar-refractivity contribution in [2.24, 2.45) is 0 Å². The summed E-state index contributed by atoms with van der Waals surface area (Å²) in [6.07, 6.45) is 0. The second-order valence-electron chi connectivity index (χ2n) is 2.98. The Labute approximate surface area is 85.6 Å². The standard InChI is InChI=1S/C9H10N4S/c1-5-2-6(4-14-5)7-3-8(10)13-9(11)12-7/h2-4H,1H3,(H4,10,11,12,13). The largest absolute Gasteiger partial charge is 0.384 e. The maximum Gasteiger partial charge on any atom is 0.222 e. The van der Waals surface area contributed by atoms with E-state index >= 15 is 0 Å². The molecule has 0 spiro atoms. The van der Waals surface area contributed by atoms with Gasteiger partial charge < -0.3 is 11.5 Å². The molecular weight excluding hydrogens is 196 g/mol. The van der Waals surface area contributed by atoms with Crippen LogP contribution in [0.2, 0.25) is 0 Å². The lowest BCUT2D eigenvalue weighted by Crippen LogP contribution is -2.00. The van der Waals surface area contributed by atoms with Crippen LogP contribution in [0, 0.1) is 6.92 Å². The summed E-state index contributed by atoms with van der Waals surface area (Å²) in [5.41, 5.74) is 12.9. The van der Waals surface area contributed by atoms with Gasteiger partial charge in [0.15, 0.2) is 0 Å². The van der Waals surface area contributed by atoms with Gasteiger partial charge in [-0.3, -0.25) is 0 Å². The molecule has 2 aromatic rings. The molecule has 0 bridgehead atoms. The third kappa shape index (κ3) is 1.67. The molecule has 2 heterocycles. The molecule has 0 radical (unpaired) electrons. The fourth-order valence-electron chi connectivity index (χ4n) is 1.21. The number of nitrogens with two attached hydrogens (primary N) is 2. The number of rotatable bonds is 1. The zero-order chi connectivity index (χ0) is 10.1. The molecule has 2 rings (SSSR count). The van der Waals surface area contributed by atoms with E-state index in [0.29, 0.717) is 5.82 Å². The minimum atomic E-state index is 0.212. The molecule has 0 saturated heterocycles. The number of nitrogen functional groups attached to an aromatic ring is 2. The third-order valence-electron chi connectivity index (χ3n) is 1.79. The van der Waals surface area contributed by atoms with Crippen molar-refractivity contribution in [3.63, 3.8) is 0 Å². The van der Waals surface area contributed by atoms with E-state index in [2.05, 4.69) is 9.97 Å². The lowest BCUT2D eigenvalue weighted by atomic mass is 10.2. The number of anilines is 2. The summed E-state index contributed by atoms with van der Waals surface area (Å²) in [7, 11) is 0. The van der Waals surface area contributed by atoms with E-state index < -0.39 is 0 Å². The molecule has 0 aliphatic heterocycles. The van der Waals surface area contributed by atoms with E-state index in [1.807, 2.05) is 18.4 Å². The predicted octanol–water partition coefficient (Wildman–Crippen LogP) is 1.68. The highest BCUT2D eigenvalue weighted by Gasteiger charge is 2.04. The van der Waals surface area contributed by atoms with Gasteiger partial charge in [0, 0.05) is 21.9 Å². The first-order valence-electron chi connectivity index (χ1n) is 4.10. The summed E-state index contributed by atoms with van der Waals surface area (Å²) in [5, 5.41) is 2.02. The minimum Gasteiger partial charge on any atom is -0.384 e. The van der Waals surface area contributed by atoms with Crippen LogP contribution in [0.3, 0.4) is 0 Å². The van der Waals surface area contributed by atoms with Crippen LogP contribution in [0.4, 0.5) is 11.8 Å². The molecule has 4 N–H and O–H groups in total. The molecule has 14 heavy (non-hydrogen) atoms. The molecule has 0 amide bonds. The topological polar surface area (TPSA) is 77.8 Å². The van der Waals surface area contributed by atoms with Crippen LogP contribution >= 0.6 is 11.3 Å².